The van der Waals surface area contributed by atoms with Crippen LogP contribution in [0, 0.1) is 0 Å². The fourth-order valence-corrected chi connectivity index (χ4v) is 2.67. The predicted molar refractivity (Wildman–Crippen MR) is 82.4 cm³/mol. The fraction of sp³-hybridized carbons (Fsp3) is 0.235. The SMILES string of the molecule is O=C(O)C1CCCN1C(=O)c1cccc(Oc2ccncc2)c1. The molecular formula is C17H16N2O4. The second-order valence-corrected chi connectivity index (χ2v) is 5.31. The number of rotatable bonds is 4. The maximum absolute atomic E-state index is 12.6. The average Bonchev–Trinajstić information content (AvgIpc) is 3.05. The Morgan fingerprint density at radius 2 is 1.96 bits per heavy atom. The monoisotopic (exact) mass is 312 g/mol. The lowest BCUT2D eigenvalue weighted by molar-refractivity contribution is -0.141. The summed E-state index contributed by atoms with van der Waals surface area (Å²) in [6.07, 6.45) is 4.43. The van der Waals surface area contributed by atoms with Crippen LogP contribution in [0.15, 0.2) is 48.8 Å². The van der Waals surface area contributed by atoms with E-state index in [1.54, 1.807) is 48.8 Å². The Balaban J connectivity index is 1.79. The third kappa shape index (κ3) is 3.31. The number of nitrogens with zero attached hydrogens (tertiary/aromatic N) is 2. The summed E-state index contributed by atoms with van der Waals surface area (Å²) in [4.78, 5) is 29.1. The Morgan fingerprint density at radius 1 is 1.17 bits per heavy atom. The first kappa shape index (κ1) is 15.0. The highest BCUT2D eigenvalue weighted by Gasteiger charge is 2.34. The third-order valence-electron chi connectivity index (χ3n) is 3.77. The van der Waals surface area contributed by atoms with Gasteiger partial charge in [0.05, 0.1) is 0 Å². The van der Waals surface area contributed by atoms with E-state index < -0.39 is 12.0 Å². The van der Waals surface area contributed by atoms with Gasteiger partial charge in [0.25, 0.3) is 5.91 Å². The maximum atomic E-state index is 12.6. The first-order valence-electron chi connectivity index (χ1n) is 7.37. The van der Waals surface area contributed by atoms with E-state index in [2.05, 4.69) is 4.98 Å². The lowest BCUT2D eigenvalue weighted by Gasteiger charge is -2.21. The Hall–Kier alpha value is -2.89. The number of likely N-dealkylation sites (tertiary alicyclic amines) is 1. The van der Waals surface area contributed by atoms with Crippen LogP contribution in [0.5, 0.6) is 11.5 Å². The van der Waals surface area contributed by atoms with Crippen molar-refractivity contribution in [1.29, 1.82) is 0 Å². The normalized spacial score (nSPS) is 17.0. The summed E-state index contributed by atoms with van der Waals surface area (Å²) in [5, 5.41) is 9.20. The van der Waals surface area contributed by atoms with Crippen molar-refractivity contribution >= 4 is 11.9 Å². The number of amides is 1. The van der Waals surface area contributed by atoms with E-state index in [9.17, 15) is 14.7 Å². The second kappa shape index (κ2) is 6.48. The summed E-state index contributed by atoms with van der Waals surface area (Å²) in [5.41, 5.74) is 0.421. The molecule has 1 fully saturated rings. The van der Waals surface area contributed by atoms with Gasteiger partial charge in [0.1, 0.15) is 17.5 Å². The molecule has 0 aliphatic carbocycles. The molecule has 2 aromatic rings. The van der Waals surface area contributed by atoms with Crippen LogP contribution in [-0.4, -0.2) is 39.5 Å². The maximum Gasteiger partial charge on any atom is 0.326 e. The van der Waals surface area contributed by atoms with Crippen molar-refractivity contribution in [2.45, 2.75) is 18.9 Å². The van der Waals surface area contributed by atoms with Crippen LogP contribution >= 0.6 is 0 Å². The molecule has 1 unspecified atom stereocenters. The van der Waals surface area contributed by atoms with E-state index in [4.69, 9.17) is 4.74 Å². The number of hydrogen-bond donors (Lipinski definition) is 1. The van der Waals surface area contributed by atoms with E-state index in [1.807, 2.05) is 0 Å². The molecule has 6 nitrogen and oxygen atoms in total. The molecule has 1 aliphatic rings. The van der Waals surface area contributed by atoms with Gasteiger partial charge in [0, 0.05) is 24.5 Å². The topological polar surface area (TPSA) is 79.7 Å². The molecule has 2 heterocycles. The van der Waals surface area contributed by atoms with Crippen molar-refractivity contribution < 1.29 is 19.4 Å². The van der Waals surface area contributed by atoms with Gasteiger partial charge >= 0.3 is 5.97 Å². The fourth-order valence-electron chi connectivity index (χ4n) is 2.67. The van der Waals surface area contributed by atoms with Gasteiger partial charge in [-0.15, -0.1) is 0 Å². The zero-order chi connectivity index (χ0) is 16.2. The summed E-state index contributed by atoms with van der Waals surface area (Å²) in [6, 6.07) is 9.45. The molecule has 1 amide bonds. The number of benzene rings is 1. The van der Waals surface area contributed by atoms with Gasteiger partial charge in [-0.05, 0) is 43.2 Å². The molecule has 6 heteroatoms. The van der Waals surface area contributed by atoms with Crippen LogP contribution in [-0.2, 0) is 4.79 Å². The molecule has 1 saturated heterocycles. The molecular weight excluding hydrogens is 296 g/mol. The Morgan fingerprint density at radius 3 is 2.70 bits per heavy atom. The molecule has 0 bridgehead atoms. The molecule has 1 atom stereocenters. The molecule has 1 aromatic carbocycles. The van der Waals surface area contributed by atoms with Crippen molar-refractivity contribution in [2.24, 2.45) is 0 Å². The number of carbonyl (C=O) groups is 2. The number of carboxylic acid groups (broad SMARTS) is 1. The van der Waals surface area contributed by atoms with Crippen molar-refractivity contribution in [3.05, 3.63) is 54.4 Å². The quantitative estimate of drug-likeness (QED) is 0.938. The molecule has 0 saturated carbocycles. The van der Waals surface area contributed by atoms with Gasteiger partial charge in [0.2, 0.25) is 0 Å². The average molecular weight is 312 g/mol. The van der Waals surface area contributed by atoms with Crippen LogP contribution in [0.25, 0.3) is 0 Å². The first-order chi connectivity index (χ1) is 11.1. The summed E-state index contributed by atoms with van der Waals surface area (Å²) >= 11 is 0. The number of ether oxygens (including phenoxy) is 1. The van der Waals surface area contributed by atoms with Crippen LogP contribution in [0.4, 0.5) is 0 Å². The number of aliphatic carboxylic acids is 1. The second-order valence-electron chi connectivity index (χ2n) is 5.31. The standard InChI is InChI=1S/C17H16N2O4/c20-16(19-10-2-5-15(19)17(21)22)12-3-1-4-14(11-12)23-13-6-8-18-9-7-13/h1,3-4,6-9,11,15H,2,5,10H2,(H,21,22). The molecule has 1 aliphatic heterocycles. The Labute approximate surface area is 133 Å². The Bertz CT molecular complexity index is 718. The highest BCUT2D eigenvalue weighted by atomic mass is 16.5. The molecule has 1 N–H and O–H groups in total. The number of aromatic nitrogens is 1. The lowest BCUT2D eigenvalue weighted by atomic mass is 10.1. The highest BCUT2D eigenvalue weighted by molar-refractivity contribution is 5.97. The van der Waals surface area contributed by atoms with Crippen LogP contribution < -0.4 is 4.74 Å². The molecule has 0 spiro atoms. The zero-order valence-corrected chi connectivity index (χ0v) is 12.4. The van der Waals surface area contributed by atoms with Crippen molar-refractivity contribution in [1.82, 2.24) is 9.88 Å². The largest absolute Gasteiger partial charge is 0.480 e. The highest BCUT2D eigenvalue weighted by Crippen LogP contribution is 2.24. The third-order valence-corrected chi connectivity index (χ3v) is 3.77. The summed E-state index contributed by atoms with van der Waals surface area (Å²) < 4.78 is 5.68. The Kier molecular flexibility index (Phi) is 4.23. The number of carbonyl (C=O) groups excluding carboxylic acids is 1. The lowest BCUT2D eigenvalue weighted by Crippen LogP contribution is -2.40. The van der Waals surface area contributed by atoms with Crippen molar-refractivity contribution in [3.63, 3.8) is 0 Å². The van der Waals surface area contributed by atoms with Crippen molar-refractivity contribution in [3.8, 4) is 11.5 Å². The first-order valence-corrected chi connectivity index (χ1v) is 7.37. The van der Waals surface area contributed by atoms with Gasteiger partial charge < -0.3 is 14.7 Å². The van der Waals surface area contributed by atoms with Crippen LogP contribution in [0.1, 0.15) is 23.2 Å². The van der Waals surface area contributed by atoms with Gasteiger partial charge in [-0.3, -0.25) is 9.78 Å². The molecule has 0 radical (unpaired) electrons. The van der Waals surface area contributed by atoms with E-state index >= 15 is 0 Å². The number of pyridine rings is 1. The van der Waals surface area contributed by atoms with E-state index in [0.717, 1.165) is 0 Å². The molecule has 3 rings (SSSR count). The zero-order valence-electron chi connectivity index (χ0n) is 12.4. The van der Waals surface area contributed by atoms with Gasteiger partial charge in [-0.1, -0.05) is 6.07 Å². The van der Waals surface area contributed by atoms with Gasteiger partial charge in [-0.2, -0.15) is 0 Å². The summed E-state index contributed by atoms with van der Waals surface area (Å²) in [5.74, 6) is -0.0996. The predicted octanol–water partition coefficient (Wildman–Crippen LogP) is 2.56. The van der Waals surface area contributed by atoms with Gasteiger partial charge in [-0.25, -0.2) is 4.79 Å². The minimum absolute atomic E-state index is 0.282. The van der Waals surface area contributed by atoms with Crippen molar-refractivity contribution in [2.75, 3.05) is 6.54 Å². The summed E-state index contributed by atoms with van der Waals surface area (Å²) in [6.45, 7) is 0.464. The van der Waals surface area contributed by atoms with E-state index in [0.29, 0.717) is 36.4 Å². The van der Waals surface area contributed by atoms with Gasteiger partial charge in [0.15, 0.2) is 0 Å². The number of hydrogen-bond acceptors (Lipinski definition) is 4. The minimum Gasteiger partial charge on any atom is -0.480 e. The molecule has 23 heavy (non-hydrogen) atoms. The molecule has 1 aromatic heterocycles. The van der Waals surface area contributed by atoms with Crippen LogP contribution in [0.3, 0.4) is 0 Å². The van der Waals surface area contributed by atoms with Crippen LogP contribution in [0.2, 0.25) is 0 Å². The summed E-state index contributed by atoms with van der Waals surface area (Å²) in [7, 11) is 0. The smallest absolute Gasteiger partial charge is 0.326 e. The minimum atomic E-state index is -0.958. The van der Waals surface area contributed by atoms with E-state index in [1.165, 1.54) is 4.90 Å². The number of carboxylic acids is 1. The van der Waals surface area contributed by atoms with E-state index in [-0.39, 0.29) is 5.91 Å². The molecule has 118 valence electrons.